The molecule has 0 saturated heterocycles. The summed E-state index contributed by atoms with van der Waals surface area (Å²) in [6.07, 6.45) is 3.37. The Hall–Kier alpha value is -1.43. The highest BCUT2D eigenvalue weighted by Crippen LogP contribution is 2.15. The Morgan fingerprint density at radius 3 is 2.94 bits per heavy atom. The summed E-state index contributed by atoms with van der Waals surface area (Å²) in [5.74, 6) is 1.41. The Labute approximate surface area is 98.2 Å². The number of nitrogens with zero attached hydrogens (tertiary/aromatic N) is 6. The Morgan fingerprint density at radius 2 is 2.25 bits per heavy atom. The predicted octanol–water partition coefficient (Wildman–Crippen LogP) is 0.973. The van der Waals surface area contributed by atoms with Crippen molar-refractivity contribution >= 4 is 23.1 Å². The molecule has 0 spiro atoms. The number of anilines is 1. The predicted molar refractivity (Wildman–Crippen MR) is 61.8 cm³/mol. The summed E-state index contributed by atoms with van der Waals surface area (Å²) in [5, 5.41) is 11.4. The standard InChI is InChI=1S/C9H13ClN6/c1-7(2)15(4-3-10)9-6-11-5-8-12-13-14-16(8)9/h5-7H,3-4H2,1-2H3. The molecule has 0 fully saturated rings. The van der Waals surface area contributed by atoms with Crippen LogP contribution in [0.4, 0.5) is 5.82 Å². The summed E-state index contributed by atoms with van der Waals surface area (Å²) in [5.41, 5.74) is 0.637. The van der Waals surface area contributed by atoms with Crippen LogP contribution in [0.3, 0.4) is 0 Å². The van der Waals surface area contributed by atoms with Crippen molar-refractivity contribution in [1.29, 1.82) is 0 Å². The summed E-state index contributed by atoms with van der Waals surface area (Å²) in [6, 6.07) is 0.315. The third-order valence-corrected chi connectivity index (χ3v) is 2.50. The van der Waals surface area contributed by atoms with Gasteiger partial charge in [0.1, 0.15) is 0 Å². The van der Waals surface area contributed by atoms with Crippen molar-refractivity contribution in [1.82, 2.24) is 25.0 Å². The lowest BCUT2D eigenvalue weighted by molar-refractivity contribution is 0.671. The van der Waals surface area contributed by atoms with Crippen LogP contribution in [0.15, 0.2) is 12.4 Å². The van der Waals surface area contributed by atoms with Gasteiger partial charge in [0, 0.05) is 18.5 Å². The molecule has 0 N–H and O–H groups in total. The van der Waals surface area contributed by atoms with E-state index in [0.717, 1.165) is 12.4 Å². The largest absolute Gasteiger partial charge is 0.352 e. The van der Waals surface area contributed by atoms with Gasteiger partial charge in [-0.2, -0.15) is 4.52 Å². The van der Waals surface area contributed by atoms with E-state index in [0.29, 0.717) is 17.6 Å². The first-order valence-corrected chi connectivity index (χ1v) is 5.62. The van der Waals surface area contributed by atoms with Crippen LogP contribution < -0.4 is 4.90 Å². The second kappa shape index (κ2) is 4.61. The first-order chi connectivity index (χ1) is 7.74. The van der Waals surface area contributed by atoms with Gasteiger partial charge < -0.3 is 4.90 Å². The molecule has 0 saturated carbocycles. The Kier molecular flexibility index (Phi) is 3.19. The van der Waals surface area contributed by atoms with Crippen LogP contribution in [0.5, 0.6) is 0 Å². The van der Waals surface area contributed by atoms with E-state index < -0.39 is 0 Å². The molecular formula is C9H13ClN6. The van der Waals surface area contributed by atoms with E-state index in [1.165, 1.54) is 0 Å². The molecule has 6 nitrogen and oxygen atoms in total. The van der Waals surface area contributed by atoms with E-state index >= 15 is 0 Å². The number of tetrazole rings is 1. The number of hydrogen-bond acceptors (Lipinski definition) is 5. The lowest BCUT2D eigenvalue weighted by Gasteiger charge is -2.27. The van der Waals surface area contributed by atoms with Gasteiger partial charge in [0.15, 0.2) is 11.5 Å². The monoisotopic (exact) mass is 240 g/mol. The van der Waals surface area contributed by atoms with Crippen molar-refractivity contribution in [2.45, 2.75) is 19.9 Å². The Morgan fingerprint density at radius 1 is 1.44 bits per heavy atom. The van der Waals surface area contributed by atoms with Gasteiger partial charge in [-0.05, 0) is 24.3 Å². The minimum Gasteiger partial charge on any atom is -0.352 e. The molecule has 2 rings (SSSR count). The van der Waals surface area contributed by atoms with Gasteiger partial charge in [-0.25, -0.2) is 0 Å². The third-order valence-electron chi connectivity index (χ3n) is 2.33. The van der Waals surface area contributed by atoms with E-state index in [4.69, 9.17) is 11.6 Å². The molecular weight excluding hydrogens is 228 g/mol. The van der Waals surface area contributed by atoms with E-state index in [9.17, 15) is 0 Å². The zero-order chi connectivity index (χ0) is 11.5. The van der Waals surface area contributed by atoms with Crippen molar-refractivity contribution < 1.29 is 0 Å². The van der Waals surface area contributed by atoms with Crippen molar-refractivity contribution in [3.05, 3.63) is 12.4 Å². The first kappa shape index (κ1) is 11.1. The fourth-order valence-electron chi connectivity index (χ4n) is 1.59. The fourth-order valence-corrected chi connectivity index (χ4v) is 1.77. The maximum Gasteiger partial charge on any atom is 0.199 e. The molecule has 0 aliphatic carbocycles. The summed E-state index contributed by atoms with van der Waals surface area (Å²) in [7, 11) is 0. The molecule has 0 bridgehead atoms. The van der Waals surface area contributed by atoms with E-state index in [1.807, 2.05) is 0 Å². The Balaban J connectivity index is 2.47. The van der Waals surface area contributed by atoms with Crippen molar-refractivity contribution in [2.75, 3.05) is 17.3 Å². The van der Waals surface area contributed by atoms with Crippen LogP contribution in [0, 0.1) is 0 Å². The molecule has 2 heterocycles. The highest BCUT2D eigenvalue weighted by Gasteiger charge is 2.14. The number of alkyl halides is 1. The average molecular weight is 241 g/mol. The molecule has 0 aromatic carbocycles. The molecule has 0 aliphatic heterocycles. The highest BCUT2D eigenvalue weighted by atomic mass is 35.5. The minimum atomic E-state index is 0.315. The lowest BCUT2D eigenvalue weighted by atomic mass is 10.3. The molecule has 0 radical (unpaired) electrons. The van der Waals surface area contributed by atoms with Gasteiger partial charge in [0.05, 0.1) is 12.4 Å². The number of rotatable bonds is 4. The first-order valence-electron chi connectivity index (χ1n) is 5.08. The van der Waals surface area contributed by atoms with Crippen LogP contribution in [0.2, 0.25) is 0 Å². The zero-order valence-electron chi connectivity index (χ0n) is 9.21. The van der Waals surface area contributed by atoms with Crippen molar-refractivity contribution in [3.63, 3.8) is 0 Å². The summed E-state index contributed by atoms with van der Waals surface area (Å²) < 4.78 is 1.67. The van der Waals surface area contributed by atoms with E-state index in [-0.39, 0.29) is 0 Å². The van der Waals surface area contributed by atoms with Crippen LogP contribution in [-0.2, 0) is 0 Å². The summed E-state index contributed by atoms with van der Waals surface area (Å²) in [6.45, 7) is 4.92. The molecule has 16 heavy (non-hydrogen) atoms. The van der Waals surface area contributed by atoms with Crippen molar-refractivity contribution in [3.8, 4) is 0 Å². The second-order valence-electron chi connectivity index (χ2n) is 3.69. The highest BCUT2D eigenvalue weighted by molar-refractivity contribution is 6.18. The summed E-state index contributed by atoms with van der Waals surface area (Å²) in [4.78, 5) is 6.24. The van der Waals surface area contributed by atoms with Gasteiger partial charge in [0.25, 0.3) is 0 Å². The molecule has 0 aliphatic rings. The average Bonchev–Trinajstić information content (AvgIpc) is 2.73. The molecule has 7 heteroatoms. The van der Waals surface area contributed by atoms with E-state index in [2.05, 4.69) is 39.3 Å². The van der Waals surface area contributed by atoms with Gasteiger partial charge in [0.2, 0.25) is 0 Å². The fraction of sp³-hybridized carbons (Fsp3) is 0.556. The Bertz CT molecular complexity index is 468. The number of fused-ring (bicyclic) bond motifs is 1. The topological polar surface area (TPSA) is 59.2 Å². The molecule has 0 amide bonds. The van der Waals surface area contributed by atoms with Crippen LogP contribution in [0.1, 0.15) is 13.8 Å². The molecule has 2 aromatic rings. The molecule has 0 unspecified atom stereocenters. The van der Waals surface area contributed by atoms with Gasteiger partial charge in [-0.3, -0.25) is 4.98 Å². The van der Waals surface area contributed by atoms with Crippen molar-refractivity contribution in [2.24, 2.45) is 0 Å². The number of aromatic nitrogens is 5. The number of halogens is 1. The van der Waals surface area contributed by atoms with Gasteiger partial charge in [-0.1, -0.05) is 0 Å². The normalized spacial score (nSPS) is 11.2. The second-order valence-corrected chi connectivity index (χ2v) is 4.07. The van der Waals surface area contributed by atoms with E-state index in [1.54, 1.807) is 16.9 Å². The molecule has 0 atom stereocenters. The van der Waals surface area contributed by atoms with Gasteiger partial charge >= 0.3 is 0 Å². The maximum atomic E-state index is 5.79. The maximum absolute atomic E-state index is 5.79. The third kappa shape index (κ3) is 1.92. The summed E-state index contributed by atoms with van der Waals surface area (Å²) >= 11 is 5.79. The van der Waals surface area contributed by atoms with Crippen LogP contribution >= 0.6 is 11.6 Å². The lowest BCUT2D eigenvalue weighted by Crippen LogP contribution is -2.34. The minimum absolute atomic E-state index is 0.315. The SMILES string of the molecule is CC(C)N(CCCl)c1cncc2nnnn12. The smallest absolute Gasteiger partial charge is 0.199 e. The number of hydrogen-bond donors (Lipinski definition) is 0. The zero-order valence-corrected chi connectivity index (χ0v) is 9.96. The van der Waals surface area contributed by atoms with Crippen LogP contribution in [-0.4, -0.2) is 43.5 Å². The van der Waals surface area contributed by atoms with Gasteiger partial charge in [-0.15, -0.1) is 16.7 Å². The molecule has 86 valence electrons. The van der Waals surface area contributed by atoms with Crippen LogP contribution in [0.25, 0.3) is 5.65 Å². The molecule has 2 aromatic heterocycles. The quantitative estimate of drug-likeness (QED) is 0.746.